The second kappa shape index (κ2) is 10.1. The number of carboxylic acid groups (broad SMARTS) is 1. The van der Waals surface area contributed by atoms with E-state index >= 15 is 0 Å². The number of ether oxygens (including phenoxy) is 1. The summed E-state index contributed by atoms with van der Waals surface area (Å²) in [5.41, 5.74) is 2.36. The zero-order chi connectivity index (χ0) is 18.9. The Morgan fingerprint density at radius 3 is 2.52 bits per heavy atom. The molecule has 4 nitrogen and oxygen atoms in total. The minimum Gasteiger partial charge on any atom is -0.490 e. The van der Waals surface area contributed by atoms with Gasteiger partial charge in [0.15, 0.2) is 0 Å². The first-order valence-corrected chi connectivity index (χ1v) is 9.94. The van der Waals surface area contributed by atoms with Gasteiger partial charge in [-0.3, -0.25) is 4.79 Å². The van der Waals surface area contributed by atoms with Crippen molar-refractivity contribution < 1.29 is 14.6 Å². The van der Waals surface area contributed by atoms with Gasteiger partial charge in [-0.2, -0.15) is 0 Å². The maximum atomic E-state index is 11.0. The molecule has 1 atom stereocenters. The van der Waals surface area contributed by atoms with Gasteiger partial charge in [0.25, 0.3) is 0 Å². The van der Waals surface area contributed by atoms with Gasteiger partial charge in [0.05, 0.1) is 6.10 Å². The van der Waals surface area contributed by atoms with Gasteiger partial charge in [0.1, 0.15) is 5.75 Å². The maximum Gasteiger partial charge on any atom is 0.303 e. The second-order valence-electron chi connectivity index (χ2n) is 7.33. The third-order valence-corrected chi connectivity index (χ3v) is 5.18. The monoisotopic (exact) mass is 367 g/mol. The van der Waals surface area contributed by atoms with Crippen molar-refractivity contribution in [2.24, 2.45) is 0 Å². The Balaban J connectivity index is 1.62. The summed E-state index contributed by atoms with van der Waals surface area (Å²) in [6.45, 7) is 0.681. The second-order valence-corrected chi connectivity index (χ2v) is 7.33. The summed E-state index contributed by atoms with van der Waals surface area (Å²) in [6.07, 6.45) is 6.70. The summed E-state index contributed by atoms with van der Waals surface area (Å²) in [5.74, 6) is 0.202. The summed E-state index contributed by atoms with van der Waals surface area (Å²) < 4.78 is 6.22. The van der Waals surface area contributed by atoms with Crippen LogP contribution in [0.15, 0.2) is 54.6 Å². The Hall–Kier alpha value is -2.33. The molecule has 2 aromatic carbocycles. The number of para-hydroxylation sites is 1. The Bertz CT molecular complexity index is 711. The molecule has 0 bridgehead atoms. The summed E-state index contributed by atoms with van der Waals surface area (Å²) in [5, 5.41) is 12.6. The van der Waals surface area contributed by atoms with E-state index in [1.54, 1.807) is 0 Å². The highest BCUT2D eigenvalue weighted by molar-refractivity contribution is 5.66. The average molecular weight is 367 g/mol. The van der Waals surface area contributed by atoms with Gasteiger partial charge < -0.3 is 15.2 Å². The van der Waals surface area contributed by atoms with Crippen molar-refractivity contribution in [1.29, 1.82) is 0 Å². The van der Waals surface area contributed by atoms with Crippen molar-refractivity contribution in [2.45, 2.75) is 63.6 Å². The molecule has 4 heteroatoms. The van der Waals surface area contributed by atoms with E-state index in [4.69, 9.17) is 9.84 Å². The highest BCUT2D eigenvalue weighted by Crippen LogP contribution is 2.26. The molecule has 1 saturated carbocycles. The van der Waals surface area contributed by atoms with E-state index in [-0.39, 0.29) is 12.5 Å². The SMILES string of the molecule is O=C(O)CCC(Cc1ccccc1)NCc1ccccc1OC1CCCC1. The molecule has 2 aromatic rings. The van der Waals surface area contributed by atoms with E-state index in [0.717, 1.165) is 30.6 Å². The molecule has 1 unspecified atom stereocenters. The van der Waals surface area contributed by atoms with Crippen LogP contribution in [0.1, 0.15) is 49.7 Å². The van der Waals surface area contributed by atoms with Crippen molar-refractivity contribution in [2.75, 3.05) is 0 Å². The lowest BCUT2D eigenvalue weighted by molar-refractivity contribution is -0.137. The van der Waals surface area contributed by atoms with E-state index < -0.39 is 5.97 Å². The number of hydrogen-bond donors (Lipinski definition) is 2. The zero-order valence-electron chi connectivity index (χ0n) is 15.8. The lowest BCUT2D eigenvalue weighted by atomic mass is 10.0. The van der Waals surface area contributed by atoms with Crippen LogP contribution >= 0.6 is 0 Å². The van der Waals surface area contributed by atoms with E-state index in [9.17, 15) is 4.79 Å². The van der Waals surface area contributed by atoms with Gasteiger partial charge in [-0.05, 0) is 50.2 Å². The van der Waals surface area contributed by atoms with Crippen LogP contribution in [-0.4, -0.2) is 23.2 Å². The third kappa shape index (κ3) is 6.40. The number of benzene rings is 2. The van der Waals surface area contributed by atoms with Crippen molar-refractivity contribution in [3.8, 4) is 5.75 Å². The quantitative estimate of drug-likeness (QED) is 0.646. The van der Waals surface area contributed by atoms with E-state index in [1.807, 2.05) is 36.4 Å². The van der Waals surface area contributed by atoms with Gasteiger partial charge >= 0.3 is 5.97 Å². The largest absolute Gasteiger partial charge is 0.490 e. The van der Waals surface area contributed by atoms with E-state index in [1.165, 1.54) is 18.4 Å². The van der Waals surface area contributed by atoms with Crippen LogP contribution in [-0.2, 0) is 17.8 Å². The summed E-state index contributed by atoms with van der Waals surface area (Å²) in [6, 6.07) is 18.5. The smallest absolute Gasteiger partial charge is 0.303 e. The lowest BCUT2D eigenvalue weighted by Crippen LogP contribution is -2.31. The molecule has 0 saturated heterocycles. The first-order valence-electron chi connectivity index (χ1n) is 9.94. The predicted octanol–water partition coefficient (Wildman–Crippen LogP) is 4.57. The van der Waals surface area contributed by atoms with E-state index in [0.29, 0.717) is 19.1 Å². The summed E-state index contributed by atoms with van der Waals surface area (Å²) in [4.78, 5) is 11.0. The molecule has 0 aliphatic heterocycles. The van der Waals surface area contributed by atoms with Crippen LogP contribution in [0.2, 0.25) is 0 Å². The number of hydrogen-bond acceptors (Lipinski definition) is 3. The average Bonchev–Trinajstić information content (AvgIpc) is 3.19. The number of nitrogens with one attached hydrogen (secondary N) is 1. The topological polar surface area (TPSA) is 58.6 Å². The standard InChI is InChI=1S/C23H29NO3/c25-23(26)15-14-20(16-18-8-2-1-3-9-18)24-17-19-10-4-7-13-22(19)27-21-11-5-6-12-21/h1-4,7-10,13,20-21,24H,5-6,11-12,14-17H2,(H,25,26). The first kappa shape index (κ1) is 19.4. The molecule has 0 aromatic heterocycles. The maximum absolute atomic E-state index is 11.0. The fourth-order valence-corrected chi connectivity index (χ4v) is 3.68. The lowest BCUT2D eigenvalue weighted by Gasteiger charge is -2.21. The minimum absolute atomic E-state index is 0.114. The minimum atomic E-state index is -0.750. The van der Waals surface area contributed by atoms with Gasteiger partial charge in [-0.15, -0.1) is 0 Å². The fourth-order valence-electron chi connectivity index (χ4n) is 3.68. The molecular formula is C23H29NO3. The molecule has 1 fully saturated rings. The number of carboxylic acids is 1. The van der Waals surface area contributed by atoms with Crippen molar-refractivity contribution in [1.82, 2.24) is 5.32 Å². The van der Waals surface area contributed by atoms with Crippen LogP contribution in [0.4, 0.5) is 0 Å². The van der Waals surface area contributed by atoms with Crippen molar-refractivity contribution >= 4 is 5.97 Å². The molecule has 0 amide bonds. The van der Waals surface area contributed by atoms with Gasteiger partial charge in [-0.1, -0.05) is 48.5 Å². The first-order chi connectivity index (χ1) is 13.2. The Morgan fingerprint density at radius 1 is 1.07 bits per heavy atom. The van der Waals surface area contributed by atoms with Crippen LogP contribution in [0.5, 0.6) is 5.75 Å². The normalized spacial score (nSPS) is 15.6. The molecule has 3 rings (SSSR count). The number of rotatable bonds is 10. The predicted molar refractivity (Wildman–Crippen MR) is 107 cm³/mol. The number of aliphatic carboxylic acids is 1. The Morgan fingerprint density at radius 2 is 1.78 bits per heavy atom. The number of carbonyl (C=O) groups is 1. The van der Waals surface area contributed by atoms with Crippen molar-refractivity contribution in [3.05, 3.63) is 65.7 Å². The molecular weight excluding hydrogens is 338 g/mol. The van der Waals surface area contributed by atoms with Gasteiger partial charge in [0.2, 0.25) is 0 Å². The molecule has 0 spiro atoms. The summed E-state index contributed by atoms with van der Waals surface area (Å²) in [7, 11) is 0. The van der Waals surface area contributed by atoms with Gasteiger partial charge in [0, 0.05) is 24.6 Å². The van der Waals surface area contributed by atoms with E-state index in [2.05, 4.69) is 23.5 Å². The molecule has 27 heavy (non-hydrogen) atoms. The molecule has 1 aliphatic carbocycles. The third-order valence-electron chi connectivity index (χ3n) is 5.18. The summed E-state index contributed by atoms with van der Waals surface area (Å²) >= 11 is 0. The van der Waals surface area contributed by atoms with Crippen LogP contribution in [0.25, 0.3) is 0 Å². The molecule has 0 radical (unpaired) electrons. The Kier molecular flexibility index (Phi) is 7.28. The molecule has 144 valence electrons. The van der Waals surface area contributed by atoms with Crippen LogP contribution < -0.4 is 10.1 Å². The molecule has 1 aliphatic rings. The highest BCUT2D eigenvalue weighted by Gasteiger charge is 2.18. The van der Waals surface area contributed by atoms with Gasteiger partial charge in [-0.25, -0.2) is 0 Å². The molecule has 0 heterocycles. The zero-order valence-corrected chi connectivity index (χ0v) is 15.8. The fraction of sp³-hybridized carbons (Fsp3) is 0.435. The highest BCUT2D eigenvalue weighted by atomic mass is 16.5. The molecule has 2 N–H and O–H groups in total. The van der Waals surface area contributed by atoms with Crippen LogP contribution in [0.3, 0.4) is 0 Å². The Labute approximate surface area is 161 Å². The van der Waals surface area contributed by atoms with Crippen molar-refractivity contribution in [3.63, 3.8) is 0 Å². The van der Waals surface area contributed by atoms with Crippen LogP contribution in [0, 0.1) is 0 Å².